The minimum atomic E-state index is -0.470. The molecule has 124 valence electrons. The number of aryl methyl sites for hydroxylation is 2. The fourth-order valence-corrected chi connectivity index (χ4v) is 3.66. The van der Waals surface area contributed by atoms with Gasteiger partial charge in [0, 0.05) is 16.6 Å². The van der Waals surface area contributed by atoms with Gasteiger partial charge in [-0.05, 0) is 26.0 Å². The number of anilines is 1. The first kappa shape index (κ1) is 16.2. The Bertz CT molecular complexity index is 926. The summed E-state index contributed by atoms with van der Waals surface area (Å²) >= 11 is 1.35. The molecule has 6 nitrogen and oxygen atoms in total. The number of carbonyl (C=O) groups is 2. The lowest BCUT2D eigenvalue weighted by atomic mass is 10.1. The number of benzene rings is 1. The van der Waals surface area contributed by atoms with Crippen LogP contribution in [0.1, 0.15) is 33.5 Å². The molecular formula is C17H17N3O3S. The van der Waals surface area contributed by atoms with E-state index >= 15 is 0 Å². The second kappa shape index (κ2) is 6.45. The van der Waals surface area contributed by atoms with Crippen LogP contribution in [0.3, 0.4) is 0 Å². The van der Waals surface area contributed by atoms with Crippen LogP contribution >= 0.6 is 11.3 Å². The number of hydrogen-bond donors (Lipinski definition) is 1. The molecule has 2 aromatic heterocycles. The lowest BCUT2D eigenvalue weighted by molar-refractivity contribution is 0.0604. The highest BCUT2D eigenvalue weighted by Gasteiger charge is 2.22. The molecule has 0 saturated carbocycles. The van der Waals surface area contributed by atoms with E-state index in [4.69, 9.17) is 4.74 Å². The highest BCUT2D eigenvalue weighted by Crippen LogP contribution is 2.36. The standard InChI is InChI=1S/C17H17N3O3S/c1-4-20-12(9-10(2)19-20)15(21)18-16-14(17(22)23-3)11-7-5-6-8-13(11)24-16/h5-9H,4H2,1-3H3,(H,18,21). The number of methoxy groups -OCH3 is 1. The average molecular weight is 343 g/mol. The van der Waals surface area contributed by atoms with E-state index in [9.17, 15) is 9.59 Å². The Morgan fingerprint density at radius 2 is 2.08 bits per heavy atom. The molecule has 3 aromatic rings. The SMILES string of the molecule is CCn1nc(C)cc1C(=O)Nc1sc2ccccc2c1C(=O)OC. The molecule has 3 rings (SSSR count). The van der Waals surface area contributed by atoms with Crippen molar-refractivity contribution >= 4 is 38.3 Å². The summed E-state index contributed by atoms with van der Waals surface area (Å²) in [4.78, 5) is 24.8. The molecule has 0 atom stereocenters. The van der Waals surface area contributed by atoms with Crippen LogP contribution in [-0.2, 0) is 11.3 Å². The van der Waals surface area contributed by atoms with Gasteiger partial charge in [0.1, 0.15) is 16.3 Å². The number of amides is 1. The molecule has 0 unspecified atom stereocenters. The fraction of sp³-hybridized carbons (Fsp3) is 0.235. The third kappa shape index (κ3) is 2.78. The van der Waals surface area contributed by atoms with E-state index in [0.29, 0.717) is 22.8 Å². The van der Waals surface area contributed by atoms with Crippen molar-refractivity contribution in [2.24, 2.45) is 0 Å². The van der Waals surface area contributed by atoms with E-state index in [0.717, 1.165) is 15.8 Å². The average Bonchev–Trinajstić information content (AvgIpc) is 3.13. The maximum Gasteiger partial charge on any atom is 0.341 e. The summed E-state index contributed by atoms with van der Waals surface area (Å²) in [6, 6.07) is 9.21. The van der Waals surface area contributed by atoms with Crippen molar-refractivity contribution in [2.45, 2.75) is 20.4 Å². The second-order valence-corrected chi connectivity index (χ2v) is 6.29. The molecule has 7 heteroatoms. The molecule has 24 heavy (non-hydrogen) atoms. The monoisotopic (exact) mass is 343 g/mol. The smallest absolute Gasteiger partial charge is 0.341 e. The number of rotatable bonds is 4. The molecular weight excluding hydrogens is 326 g/mol. The zero-order valence-corrected chi connectivity index (χ0v) is 14.4. The van der Waals surface area contributed by atoms with Crippen molar-refractivity contribution < 1.29 is 14.3 Å². The van der Waals surface area contributed by atoms with Crippen LogP contribution in [0.4, 0.5) is 5.00 Å². The van der Waals surface area contributed by atoms with Gasteiger partial charge in [-0.2, -0.15) is 5.10 Å². The molecule has 1 N–H and O–H groups in total. The highest BCUT2D eigenvalue weighted by atomic mass is 32.1. The number of carbonyl (C=O) groups excluding carboxylic acids is 2. The van der Waals surface area contributed by atoms with Gasteiger partial charge in [-0.25, -0.2) is 4.79 Å². The largest absolute Gasteiger partial charge is 0.465 e. The van der Waals surface area contributed by atoms with Crippen LogP contribution in [-0.4, -0.2) is 28.8 Å². The van der Waals surface area contributed by atoms with Crippen LogP contribution in [0.2, 0.25) is 0 Å². The third-order valence-electron chi connectivity index (χ3n) is 3.65. The van der Waals surface area contributed by atoms with E-state index in [1.54, 1.807) is 10.7 Å². The lowest BCUT2D eigenvalue weighted by Gasteiger charge is -2.07. The lowest BCUT2D eigenvalue weighted by Crippen LogP contribution is -2.18. The summed E-state index contributed by atoms with van der Waals surface area (Å²) in [5.41, 5.74) is 1.61. The zero-order valence-electron chi connectivity index (χ0n) is 13.6. The van der Waals surface area contributed by atoms with E-state index in [1.807, 2.05) is 38.1 Å². The van der Waals surface area contributed by atoms with Crippen molar-refractivity contribution in [3.8, 4) is 0 Å². The van der Waals surface area contributed by atoms with Gasteiger partial charge in [0.25, 0.3) is 5.91 Å². The molecule has 1 aromatic carbocycles. The Morgan fingerprint density at radius 1 is 1.33 bits per heavy atom. The molecule has 1 amide bonds. The molecule has 0 fully saturated rings. The van der Waals surface area contributed by atoms with Gasteiger partial charge in [0.05, 0.1) is 12.8 Å². The minimum absolute atomic E-state index is 0.297. The van der Waals surface area contributed by atoms with Gasteiger partial charge in [0.2, 0.25) is 0 Å². The molecule has 0 aliphatic carbocycles. The topological polar surface area (TPSA) is 73.2 Å². The van der Waals surface area contributed by atoms with Crippen LogP contribution < -0.4 is 5.32 Å². The molecule has 0 saturated heterocycles. The predicted octanol–water partition coefficient (Wildman–Crippen LogP) is 3.47. The van der Waals surface area contributed by atoms with E-state index in [2.05, 4.69) is 10.4 Å². The van der Waals surface area contributed by atoms with Gasteiger partial charge in [-0.15, -0.1) is 11.3 Å². The van der Waals surface area contributed by atoms with Crippen LogP contribution in [0, 0.1) is 6.92 Å². The number of thiophene rings is 1. The van der Waals surface area contributed by atoms with Gasteiger partial charge in [0.15, 0.2) is 0 Å². The van der Waals surface area contributed by atoms with Crippen molar-refractivity contribution in [1.82, 2.24) is 9.78 Å². The normalized spacial score (nSPS) is 10.8. The highest BCUT2D eigenvalue weighted by molar-refractivity contribution is 7.23. The van der Waals surface area contributed by atoms with E-state index in [-0.39, 0.29) is 5.91 Å². The maximum absolute atomic E-state index is 12.6. The Morgan fingerprint density at radius 3 is 2.79 bits per heavy atom. The molecule has 2 heterocycles. The Labute approximate surface area is 143 Å². The van der Waals surface area contributed by atoms with Crippen LogP contribution in [0.15, 0.2) is 30.3 Å². The summed E-state index contributed by atoms with van der Waals surface area (Å²) in [5.74, 6) is -0.767. The summed E-state index contributed by atoms with van der Waals surface area (Å²) in [5, 5.41) is 8.36. The number of nitrogens with zero attached hydrogens (tertiary/aromatic N) is 2. The molecule has 0 aliphatic heterocycles. The number of esters is 1. The molecule has 0 bridgehead atoms. The Kier molecular flexibility index (Phi) is 4.35. The predicted molar refractivity (Wildman–Crippen MR) is 93.8 cm³/mol. The number of fused-ring (bicyclic) bond motifs is 1. The third-order valence-corrected chi connectivity index (χ3v) is 4.73. The first-order valence-electron chi connectivity index (χ1n) is 7.50. The fourth-order valence-electron chi connectivity index (χ4n) is 2.57. The number of nitrogens with one attached hydrogen (secondary N) is 1. The van der Waals surface area contributed by atoms with Crippen molar-refractivity contribution in [3.63, 3.8) is 0 Å². The Hall–Kier alpha value is -2.67. The van der Waals surface area contributed by atoms with Crippen molar-refractivity contribution in [2.75, 3.05) is 12.4 Å². The van der Waals surface area contributed by atoms with Crippen molar-refractivity contribution in [3.05, 3.63) is 47.3 Å². The zero-order chi connectivity index (χ0) is 17.3. The number of hydrogen-bond acceptors (Lipinski definition) is 5. The Balaban J connectivity index is 2.03. The minimum Gasteiger partial charge on any atom is -0.465 e. The summed E-state index contributed by atoms with van der Waals surface area (Å²) < 4.78 is 7.42. The number of aromatic nitrogens is 2. The summed E-state index contributed by atoms with van der Waals surface area (Å²) in [6.07, 6.45) is 0. The van der Waals surface area contributed by atoms with E-state index in [1.165, 1.54) is 18.4 Å². The second-order valence-electron chi connectivity index (χ2n) is 5.23. The van der Waals surface area contributed by atoms with Gasteiger partial charge < -0.3 is 10.1 Å². The quantitative estimate of drug-likeness (QED) is 0.736. The van der Waals surface area contributed by atoms with Gasteiger partial charge >= 0.3 is 5.97 Å². The molecule has 0 radical (unpaired) electrons. The van der Waals surface area contributed by atoms with Gasteiger partial charge in [-0.3, -0.25) is 9.48 Å². The van der Waals surface area contributed by atoms with Crippen molar-refractivity contribution in [1.29, 1.82) is 0 Å². The first-order chi connectivity index (χ1) is 11.5. The summed E-state index contributed by atoms with van der Waals surface area (Å²) in [6.45, 7) is 4.34. The number of ether oxygens (including phenoxy) is 1. The molecule has 0 aliphatic rings. The molecule has 0 spiro atoms. The van der Waals surface area contributed by atoms with Crippen LogP contribution in [0.25, 0.3) is 10.1 Å². The van der Waals surface area contributed by atoms with Gasteiger partial charge in [-0.1, -0.05) is 18.2 Å². The van der Waals surface area contributed by atoms with Crippen LogP contribution in [0.5, 0.6) is 0 Å². The first-order valence-corrected chi connectivity index (χ1v) is 8.32. The van der Waals surface area contributed by atoms with E-state index < -0.39 is 5.97 Å². The summed E-state index contributed by atoms with van der Waals surface area (Å²) in [7, 11) is 1.33. The maximum atomic E-state index is 12.6.